The van der Waals surface area contributed by atoms with Gasteiger partial charge >= 0.3 is 0 Å². The Morgan fingerprint density at radius 1 is 1.56 bits per heavy atom. The van der Waals surface area contributed by atoms with Gasteiger partial charge in [-0.2, -0.15) is 0 Å². The second-order valence-electron chi connectivity index (χ2n) is 3.75. The van der Waals surface area contributed by atoms with E-state index in [0.29, 0.717) is 11.8 Å². The number of aryl methyl sites for hydroxylation is 1. The molecule has 0 bridgehead atoms. The standard InChI is InChI=1S/C11H14ClNO2S/c1-8(6-12)7-16-11-9(2)4-3-5-10(11)13(14)15/h3-5,8H,6-7H2,1-2H3. The zero-order valence-electron chi connectivity index (χ0n) is 9.27. The van der Waals surface area contributed by atoms with Crippen molar-refractivity contribution >= 4 is 29.1 Å². The number of nitro benzene ring substituents is 1. The molecule has 1 aromatic rings. The van der Waals surface area contributed by atoms with Crippen LogP contribution in [0.25, 0.3) is 0 Å². The van der Waals surface area contributed by atoms with E-state index in [9.17, 15) is 10.1 Å². The van der Waals surface area contributed by atoms with Gasteiger partial charge in [-0.15, -0.1) is 23.4 Å². The maximum Gasteiger partial charge on any atom is 0.283 e. The lowest BCUT2D eigenvalue weighted by molar-refractivity contribution is -0.387. The Morgan fingerprint density at radius 2 is 2.25 bits per heavy atom. The monoisotopic (exact) mass is 259 g/mol. The van der Waals surface area contributed by atoms with Gasteiger partial charge in [-0.25, -0.2) is 0 Å². The minimum absolute atomic E-state index is 0.187. The van der Waals surface area contributed by atoms with Crippen LogP contribution >= 0.6 is 23.4 Å². The molecule has 3 nitrogen and oxygen atoms in total. The maximum absolute atomic E-state index is 10.9. The summed E-state index contributed by atoms with van der Waals surface area (Å²) in [7, 11) is 0. The van der Waals surface area contributed by atoms with Crippen LogP contribution in [0.1, 0.15) is 12.5 Å². The zero-order valence-corrected chi connectivity index (χ0v) is 10.8. The molecule has 0 aliphatic carbocycles. The van der Waals surface area contributed by atoms with Gasteiger partial charge in [0.2, 0.25) is 0 Å². The molecule has 1 aromatic carbocycles. The normalized spacial score (nSPS) is 12.4. The van der Waals surface area contributed by atoms with Crippen molar-refractivity contribution < 1.29 is 4.92 Å². The Bertz CT molecular complexity index is 384. The van der Waals surface area contributed by atoms with E-state index in [0.717, 1.165) is 16.2 Å². The Balaban J connectivity index is 2.88. The molecular formula is C11H14ClNO2S. The van der Waals surface area contributed by atoms with E-state index in [1.54, 1.807) is 12.1 Å². The lowest BCUT2D eigenvalue weighted by Crippen LogP contribution is -2.01. The number of alkyl halides is 1. The number of nitrogens with zero attached hydrogens (tertiary/aromatic N) is 1. The summed E-state index contributed by atoms with van der Waals surface area (Å²) in [5, 5.41) is 10.9. The quantitative estimate of drug-likeness (QED) is 0.349. The van der Waals surface area contributed by atoms with Gasteiger partial charge in [0.25, 0.3) is 5.69 Å². The second kappa shape index (κ2) is 6.11. The molecule has 0 aliphatic rings. The van der Waals surface area contributed by atoms with Crippen molar-refractivity contribution in [3.8, 4) is 0 Å². The van der Waals surface area contributed by atoms with Crippen molar-refractivity contribution in [1.82, 2.24) is 0 Å². The summed E-state index contributed by atoms with van der Waals surface area (Å²) in [6, 6.07) is 5.14. The lowest BCUT2D eigenvalue weighted by atomic mass is 10.2. The zero-order chi connectivity index (χ0) is 12.1. The van der Waals surface area contributed by atoms with Gasteiger partial charge in [-0.3, -0.25) is 10.1 Å². The SMILES string of the molecule is Cc1cccc([N+](=O)[O-])c1SCC(C)CCl. The maximum atomic E-state index is 10.9. The third kappa shape index (κ3) is 3.39. The van der Waals surface area contributed by atoms with E-state index < -0.39 is 0 Å². The summed E-state index contributed by atoms with van der Waals surface area (Å²) in [6.45, 7) is 3.92. The number of thioether (sulfide) groups is 1. The molecule has 0 aliphatic heterocycles. The molecule has 0 N–H and O–H groups in total. The van der Waals surface area contributed by atoms with Crippen molar-refractivity contribution in [3.05, 3.63) is 33.9 Å². The summed E-state index contributed by atoms with van der Waals surface area (Å²) >= 11 is 7.22. The fraction of sp³-hybridized carbons (Fsp3) is 0.455. The Kier molecular flexibility index (Phi) is 5.09. The number of nitro groups is 1. The topological polar surface area (TPSA) is 43.1 Å². The van der Waals surface area contributed by atoms with Crippen molar-refractivity contribution in [2.24, 2.45) is 5.92 Å². The molecule has 16 heavy (non-hydrogen) atoms. The van der Waals surface area contributed by atoms with E-state index in [1.807, 2.05) is 19.9 Å². The van der Waals surface area contributed by atoms with E-state index in [1.165, 1.54) is 11.8 Å². The number of halogens is 1. The van der Waals surface area contributed by atoms with Crippen LogP contribution in [0.15, 0.2) is 23.1 Å². The molecule has 0 aromatic heterocycles. The Morgan fingerprint density at radius 3 is 2.81 bits per heavy atom. The average molecular weight is 260 g/mol. The smallest absolute Gasteiger partial charge is 0.258 e. The van der Waals surface area contributed by atoms with E-state index in [2.05, 4.69) is 0 Å². The molecule has 1 atom stereocenters. The lowest BCUT2D eigenvalue weighted by Gasteiger charge is -2.09. The van der Waals surface area contributed by atoms with Crippen LogP contribution in [0.2, 0.25) is 0 Å². The number of hydrogen-bond donors (Lipinski definition) is 0. The van der Waals surface area contributed by atoms with Gasteiger partial charge < -0.3 is 0 Å². The van der Waals surface area contributed by atoms with Gasteiger partial charge in [0.05, 0.1) is 9.82 Å². The van der Waals surface area contributed by atoms with Crippen LogP contribution in [0, 0.1) is 23.0 Å². The van der Waals surface area contributed by atoms with Crippen molar-refractivity contribution in [2.45, 2.75) is 18.7 Å². The predicted molar refractivity (Wildman–Crippen MR) is 68.4 cm³/mol. The van der Waals surface area contributed by atoms with Crippen molar-refractivity contribution in [3.63, 3.8) is 0 Å². The average Bonchev–Trinajstić information content (AvgIpc) is 2.26. The molecular weight excluding hydrogens is 246 g/mol. The minimum Gasteiger partial charge on any atom is -0.258 e. The summed E-state index contributed by atoms with van der Waals surface area (Å²) in [6.07, 6.45) is 0. The van der Waals surface area contributed by atoms with Crippen LogP contribution in [-0.4, -0.2) is 16.6 Å². The van der Waals surface area contributed by atoms with Gasteiger partial charge in [0.15, 0.2) is 0 Å². The van der Waals surface area contributed by atoms with Crippen LogP contribution in [0.4, 0.5) is 5.69 Å². The summed E-state index contributed by atoms with van der Waals surface area (Å²) in [4.78, 5) is 11.3. The first-order valence-electron chi connectivity index (χ1n) is 4.99. The highest BCUT2D eigenvalue weighted by Gasteiger charge is 2.16. The van der Waals surface area contributed by atoms with E-state index in [4.69, 9.17) is 11.6 Å². The van der Waals surface area contributed by atoms with Crippen LogP contribution in [0.5, 0.6) is 0 Å². The van der Waals surface area contributed by atoms with Crippen molar-refractivity contribution in [1.29, 1.82) is 0 Å². The molecule has 1 unspecified atom stereocenters. The highest BCUT2D eigenvalue weighted by Crippen LogP contribution is 2.33. The van der Waals surface area contributed by atoms with Gasteiger partial charge in [-0.1, -0.05) is 19.1 Å². The van der Waals surface area contributed by atoms with Gasteiger partial charge in [0, 0.05) is 17.7 Å². The number of hydrogen-bond acceptors (Lipinski definition) is 3. The number of rotatable bonds is 5. The predicted octanol–water partition coefficient (Wildman–Crippen LogP) is 3.87. The molecule has 0 fully saturated rings. The summed E-state index contributed by atoms with van der Waals surface area (Å²) in [5.41, 5.74) is 1.13. The first-order chi connectivity index (χ1) is 7.56. The minimum atomic E-state index is -0.333. The largest absolute Gasteiger partial charge is 0.283 e. The van der Waals surface area contributed by atoms with Gasteiger partial charge in [0.1, 0.15) is 0 Å². The first kappa shape index (κ1) is 13.3. The second-order valence-corrected chi connectivity index (χ2v) is 5.09. The molecule has 0 saturated carbocycles. The molecule has 0 heterocycles. The molecule has 1 rings (SSSR count). The van der Waals surface area contributed by atoms with Crippen LogP contribution in [0.3, 0.4) is 0 Å². The molecule has 0 saturated heterocycles. The third-order valence-electron chi connectivity index (χ3n) is 2.16. The van der Waals surface area contributed by atoms with Crippen molar-refractivity contribution in [2.75, 3.05) is 11.6 Å². The highest BCUT2D eigenvalue weighted by atomic mass is 35.5. The summed E-state index contributed by atoms with van der Waals surface area (Å²) in [5.74, 6) is 1.73. The molecule has 88 valence electrons. The molecule has 0 amide bonds. The van der Waals surface area contributed by atoms with Gasteiger partial charge in [-0.05, 0) is 18.4 Å². The summed E-state index contributed by atoms with van der Waals surface area (Å²) < 4.78 is 0. The molecule has 0 radical (unpaired) electrons. The van der Waals surface area contributed by atoms with E-state index in [-0.39, 0.29) is 10.6 Å². The third-order valence-corrected chi connectivity index (χ3v) is 4.25. The Labute approximate surface area is 104 Å². The first-order valence-corrected chi connectivity index (χ1v) is 6.51. The fourth-order valence-corrected chi connectivity index (χ4v) is 2.63. The number of benzene rings is 1. The van der Waals surface area contributed by atoms with Crippen LogP contribution in [-0.2, 0) is 0 Å². The fourth-order valence-electron chi connectivity index (χ4n) is 1.24. The Hall–Kier alpha value is -0.740. The highest BCUT2D eigenvalue weighted by molar-refractivity contribution is 7.99. The molecule has 0 spiro atoms. The molecule has 5 heteroatoms. The van der Waals surface area contributed by atoms with E-state index >= 15 is 0 Å². The van der Waals surface area contributed by atoms with Crippen LogP contribution < -0.4 is 0 Å².